The van der Waals surface area contributed by atoms with Gasteiger partial charge in [-0.25, -0.2) is 4.79 Å². The van der Waals surface area contributed by atoms with Gasteiger partial charge in [-0.15, -0.1) is 0 Å². The van der Waals surface area contributed by atoms with Gasteiger partial charge in [-0.3, -0.25) is 0 Å². The zero-order chi connectivity index (χ0) is 18.7. The van der Waals surface area contributed by atoms with Gasteiger partial charge in [-0.1, -0.05) is 13.3 Å². The lowest BCUT2D eigenvalue weighted by Gasteiger charge is -2.33. The van der Waals surface area contributed by atoms with Crippen LogP contribution in [-0.2, 0) is 15.7 Å². The van der Waals surface area contributed by atoms with Crippen LogP contribution in [0.2, 0.25) is 0 Å². The predicted molar refractivity (Wildman–Crippen MR) is 101 cm³/mol. The van der Waals surface area contributed by atoms with Crippen molar-refractivity contribution in [2.24, 2.45) is 5.41 Å². The molecule has 25 heavy (non-hydrogen) atoms. The molecule has 1 aliphatic rings. The number of unbranched alkanes of at least 4 members (excludes halogenated alkanes) is 1. The van der Waals surface area contributed by atoms with Crippen molar-refractivity contribution >= 4 is 28.6 Å². The topological polar surface area (TPSA) is 81.5 Å². The molecule has 2 heterocycles. The average Bonchev–Trinajstić information content (AvgIpc) is 2.84. The van der Waals surface area contributed by atoms with E-state index in [2.05, 4.69) is 22.3 Å². The number of hydrogen-bond acceptors (Lipinski definition) is 6. The first-order chi connectivity index (χ1) is 11.8. The number of ether oxygens (including phenoxy) is 2. The van der Waals surface area contributed by atoms with E-state index in [4.69, 9.17) is 9.47 Å². The lowest BCUT2D eigenvalue weighted by molar-refractivity contribution is -0.139. The summed E-state index contributed by atoms with van der Waals surface area (Å²) in [5, 5.41) is 12.6. The third kappa shape index (κ3) is 3.74. The zero-order valence-electron chi connectivity index (χ0n) is 15.2. The van der Waals surface area contributed by atoms with Crippen molar-refractivity contribution in [3.05, 3.63) is 17.6 Å². The highest BCUT2D eigenvalue weighted by Crippen LogP contribution is 2.55. The van der Waals surface area contributed by atoms with Crippen LogP contribution in [0.5, 0.6) is 11.8 Å². The van der Waals surface area contributed by atoms with E-state index in [0.717, 1.165) is 18.6 Å². The van der Waals surface area contributed by atoms with E-state index < -0.39 is 26.4 Å². The van der Waals surface area contributed by atoms with Gasteiger partial charge in [0.05, 0.1) is 25.7 Å². The van der Waals surface area contributed by atoms with Crippen molar-refractivity contribution in [3.63, 3.8) is 0 Å². The van der Waals surface area contributed by atoms with Crippen molar-refractivity contribution in [2.45, 2.75) is 42.8 Å². The van der Waals surface area contributed by atoms with Gasteiger partial charge in [0.25, 0.3) is 4.08 Å². The van der Waals surface area contributed by atoms with Crippen LogP contribution >= 0.6 is 11.8 Å². The Kier molecular flexibility index (Phi) is 6.26. The smallest absolute Gasteiger partial charge is 0.373 e. The number of aliphatic carboxylic acids is 1. The van der Waals surface area contributed by atoms with Crippen LogP contribution in [0.25, 0.3) is 0 Å². The second kappa shape index (κ2) is 7.86. The fraction of sp³-hybridized carbons (Fsp3) is 0.588. The highest BCUT2D eigenvalue weighted by atomic mass is 32.2. The van der Waals surface area contributed by atoms with Crippen molar-refractivity contribution < 1.29 is 19.4 Å². The molecule has 8 heteroatoms. The van der Waals surface area contributed by atoms with Gasteiger partial charge in [0.15, 0.2) is 5.16 Å². The number of carboxylic acids is 1. The molecule has 1 N–H and O–H groups in total. The summed E-state index contributed by atoms with van der Waals surface area (Å²) in [6.45, 7) is 6.03. The van der Waals surface area contributed by atoms with Gasteiger partial charge in [-0.2, -0.15) is 9.97 Å². The van der Waals surface area contributed by atoms with Gasteiger partial charge in [0.1, 0.15) is 11.2 Å². The number of carbonyl (C=O) groups is 1. The van der Waals surface area contributed by atoms with E-state index in [9.17, 15) is 9.90 Å². The van der Waals surface area contributed by atoms with E-state index >= 15 is 0 Å². The van der Waals surface area contributed by atoms with E-state index in [1.807, 2.05) is 19.9 Å². The van der Waals surface area contributed by atoms with Crippen LogP contribution in [0.4, 0.5) is 0 Å². The molecule has 0 radical (unpaired) electrons. The molecular weight excluding hydrogens is 360 g/mol. The zero-order valence-corrected chi connectivity index (χ0v) is 16.9. The molecule has 2 rings (SSSR count). The fourth-order valence-corrected chi connectivity index (χ4v) is 7.39. The summed E-state index contributed by atoms with van der Waals surface area (Å²) in [7, 11) is 2.60. The lowest BCUT2D eigenvalue weighted by Crippen LogP contribution is -2.51. The van der Waals surface area contributed by atoms with Crippen LogP contribution in [0.3, 0.4) is 0 Å². The number of rotatable bonds is 8. The van der Waals surface area contributed by atoms with Gasteiger partial charge >= 0.3 is 5.97 Å². The van der Waals surface area contributed by atoms with Crippen molar-refractivity contribution in [3.8, 4) is 11.8 Å². The number of thioether (sulfide) groups is 1. The number of nitrogens with zero attached hydrogens (tertiary/aromatic N) is 2. The molecule has 0 spiro atoms. The SMILES string of the molecule is CCCC[S+]1C=CC(C)(C)C1(Sc1nc(OC)cc(OC)n1)C(=O)O. The molecule has 0 aromatic carbocycles. The fourth-order valence-electron chi connectivity index (χ4n) is 2.69. The summed E-state index contributed by atoms with van der Waals surface area (Å²) in [5.74, 6) is 0.716. The van der Waals surface area contributed by atoms with Crippen LogP contribution in [0.15, 0.2) is 22.7 Å². The third-order valence-corrected chi connectivity index (χ3v) is 9.06. The quantitative estimate of drug-likeness (QED) is 0.543. The molecule has 0 amide bonds. The number of allylic oxidation sites excluding steroid dienone is 1. The summed E-state index contributed by atoms with van der Waals surface area (Å²) < 4.78 is 9.35. The Balaban J connectivity index is 2.47. The number of hydrogen-bond donors (Lipinski definition) is 1. The van der Waals surface area contributed by atoms with Crippen LogP contribution in [0.1, 0.15) is 33.6 Å². The summed E-state index contributed by atoms with van der Waals surface area (Å²) >= 11 is 1.20. The average molecular weight is 386 g/mol. The Morgan fingerprint density at radius 2 is 1.88 bits per heavy atom. The molecule has 0 bridgehead atoms. The summed E-state index contributed by atoms with van der Waals surface area (Å²) in [4.78, 5) is 21.1. The van der Waals surface area contributed by atoms with Crippen LogP contribution < -0.4 is 9.47 Å². The number of carboxylic acid groups (broad SMARTS) is 1. The molecule has 0 saturated carbocycles. The molecular formula is C17H25N2O4S2+. The molecule has 1 aliphatic heterocycles. The molecule has 138 valence electrons. The normalized spacial score (nSPS) is 24.3. The number of methoxy groups -OCH3 is 2. The van der Waals surface area contributed by atoms with Crippen LogP contribution in [-0.4, -0.2) is 45.1 Å². The summed E-state index contributed by atoms with van der Waals surface area (Å²) in [6.07, 6.45) is 4.04. The van der Waals surface area contributed by atoms with Crippen LogP contribution in [0, 0.1) is 5.41 Å². The molecule has 0 aliphatic carbocycles. The maximum absolute atomic E-state index is 12.5. The molecule has 0 fully saturated rings. The monoisotopic (exact) mass is 385 g/mol. The molecule has 1 aromatic rings. The summed E-state index contributed by atoms with van der Waals surface area (Å²) in [5.41, 5.74) is -0.528. The van der Waals surface area contributed by atoms with Crippen molar-refractivity contribution in [1.29, 1.82) is 0 Å². The van der Waals surface area contributed by atoms with Gasteiger partial charge < -0.3 is 14.6 Å². The first kappa shape index (κ1) is 19.9. The molecule has 2 unspecified atom stereocenters. The largest absolute Gasteiger partial charge is 0.481 e. The highest BCUT2D eigenvalue weighted by molar-refractivity contribution is 8.19. The Morgan fingerprint density at radius 3 is 2.36 bits per heavy atom. The lowest BCUT2D eigenvalue weighted by atomic mass is 9.89. The summed E-state index contributed by atoms with van der Waals surface area (Å²) in [6, 6.07) is 1.58. The van der Waals surface area contributed by atoms with Crippen molar-refractivity contribution in [2.75, 3.05) is 20.0 Å². The predicted octanol–water partition coefficient (Wildman–Crippen LogP) is 3.34. The minimum Gasteiger partial charge on any atom is -0.481 e. The van der Waals surface area contributed by atoms with E-state index in [-0.39, 0.29) is 0 Å². The van der Waals surface area contributed by atoms with Gasteiger partial charge in [0.2, 0.25) is 11.8 Å². The second-order valence-corrected chi connectivity index (χ2v) is 9.86. The Bertz CT molecular complexity index is 644. The van der Waals surface area contributed by atoms with Gasteiger partial charge in [-0.05, 0) is 38.1 Å². The minimum atomic E-state index is -1.04. The minimum absolute atomic E-state index is 0.351. The molecule has 1 aromatic heterocycles. The maximum atomic E-state index is 12.5. The van der Waals surface area contributed by atoms with Crippen molar-refractivity contribution in [1.82, 2.24) is 9.97 Å². The Morgan fingerprint density at radius 1 is 1.28 bits per heavy atom. The molecule has 0 saturated heterocycles. The standard InChI is InChI=1S/C17H24N2O4S2/c1-6-7-9-25-10-8-16(2,3)17(25,14(20)21)24-15-18-12(22-4)11-13(19-15)23-5/h8,10-11H,6-7,9H2,1-5H3/p+1. The van der Waals surface area contributed by atoms with E-state index in [1.54, 1.807) is 6.07 Å². The van der Waals surface area contributed by atoms with Gasteiger partial charge in [0, 0.05) is 10.9 Å². The third-order valence-electron chi connectivity index (χ3n) is 4.18. The highest BCUT2D eigenvalue weighted by Gasteiger charge is 2.67. The first-order valence-electron chi connectivity index (χ1n) is 8.09. The first-order valence-corrected chi connectivity index (χ1v) is 10.4. The maximum Gasteiger partial charge on any atom is 0.373 e. The Labute approximate surface area is 155 Å². The van der Waals surface area contributed by atoms with E-state index in [0.29, 0.717) is 16.9 Å². The Hall–Kier alpha value is -1.41. The molecule has 6 nitrogen and oxygen atoms in total. The number of aromatic nitrogens is 2. The van der Waals surface area contributed by atoms with E-state index in [1.165, 1.54) is 26.0 Å². The second-order valence-electron chi connectivity index (χ2n) is 6.27. The molecule has 2 atom stereocenters.